The molecule has 0 fully saturated rings. The van der Waals surface area contributed by atoms with Gasteiger partial charge in [0.2, 0.25) is 17.4 Å². The fraction of sp³-hybridized carbons (Fsp3) is 0.562. The molecule has 2 rings (SSSR count). The van der Waals surface area contributed by atoms with E-state index in [2.05, 4.69) is 15.6 Å². The summed E-state index contributed by atoms with van der Waals surface area (Å²) in [5, 5.41) is 5.45. The van der Waals surface area contributed by atoms with Gasteiger partial charge in [-0.05, 0) is 36.8 Å². The first-order valence-electron chi connectivity index (χ1n) is 7.93. The Morgan fingerprint density at radius 1 is 1.39 bits per heavy atom. The summed E-state index contributed by atoms with van der Waals surface area (Å²) >= 11 is 0. The average molecular weight is 320 g/mol. The van der Waals surface area contributed by atoms with Crippen molar-refractivity contribution in [2.75, 3.05) is 6.54 Å². The maximum absolute atomic E-state index is 12.0. The molecule has 0 saturated carbocycles. The molecule has 0 bridgehead atoms. The number of aromatic nitrogens is 1. The number of carbonyl (C=O) groups excluding carboxylic acids is 2. The number of pyridine rings is 1. The number of nitrogens with one attached hydrogen (secondary N) is 3. The lowest BCUT2D eigenvalue weighted by molar-refractivity contribution is -0.127. The number of aromatic amines is 1. The van der Waals surface area contributed by atoms with Crippen molar-refractivity contribution >= 4 is 11.8 Å². The highest BCUT2D eigenvalue weighted by Gasteiger charge is 2.23. The number of carbonyl (C=O) groups is 2. The molecular weight excluding hydrogens is 296 g/mol. The third kappa shape index (κ3) is 4.41. The molecular formula is C16H24N4O3. The van der Waals surface area contributed by atoms with Crippen molar-refractivity contribution in [1.82, 2.24) is 15.6 Å². The molecule has 1 aromatic rings. The molecule has 0 aliphatic heterocycles. The lowest BCUT2D eigenvalue weighted by atomic mass is 9.91. The third-order valence-corrected chi connectivity index (χ3v) is 4.11. The van der Waals surface area contributed by atoms with E-state index in [0.29, 0.717) is 0 Å². The van der Waals surface area contributed by atoms with Crippen molar-refractivity contribution in [2.45, 2.75) is 45.2 Å². The summed E-state index contributed by atoms with van der Waals surface area (Å²) in [5.74, 6) is -0.581. The lowest BCUT2D eigenvalue weighted by Crippen LogP contribution is -2.47. The van der Waals surface area contributed by atoms with Crippen molar-refractivity contribution in [3.8, 4) is 0 Å². The molecule has 1 aliphatic carbocycles. The summed E-state index contributed by atoms with van der Waals surface area (Å²) in [6.45, 7) is 3.60. The molecule has 7 heteroatoms. The van der Waals surface area contributed by atoms with E-state index >= 15 is 0 Å². The molecule has 1 aromatic heterocycles. The van der Waals surface area contributed by atoms with Crippen LogP contribution in [-0.2, 0) is 16.0 Å². The molecule has 1 heterocycles. The van der Waals surface area contributed by atoms with Crippen LogP contribution >= 0.6 is 0 Å². The predicted molar refractivity (Wildman–Crippen MR) is 86.7 cm³/mol. The van der Waals surface area contributed by atoms with Crippen LogP contribution in [0.1, 0.15) is 44.0 Å². The molecule has 2 atom stereocenters. The molecule has 23 heavy (non-hydrogen) atoms. The van der Waals surface area contributed by atoms with Gasteiger partial charge in [-0.2, -0.15) is 0 Å². The Balaban J connectivity index is 1.92. The van der Waals surface area contributed by atoms with E-state index in [1.165, 1.54) is 6.07 Å². The molecule has 0 spiro atoms. The zero-order valence-corrected chi connectivity index (χ0v) is 13.5. The Morgan fingerprint density at radius 3 is 2.83 bits per heavy atom. The molecule has 0 saturated heterocycles. The molecule has 7 nitrogen and oxygen atoms in total. The number of rotatable bonds is 5. The topological polar surface area (TPSA) is 117 Å². The van der Waals surface area contributed by atoms with Crippen LogP contribution in [0, 0.1) is 5.92 Å². The molecule has 126 valence electrons. The van der Waals surface area contributed by atoms with Crippen molar-refractivity contribution in [1.29, 1.82) is 0 Å². The van der Waals surface area contributed by atoms with E-state index in [9.17, 15) is 14.4 Å². The molecule has 0 aromatic carbocycles. The minimum Gasteiger partial charge on any atom is -0.348 e. The van der Waals surface area contributed by atoms with Crippen molar-refractivity contribution in [3.63, 3.8) is 0 Å². The number of H-pyrrole nitrogens is 1. The van der Waals surface area contributed by atoms with Crippen LogP contribution < -0.4 is 21.9 Å². The van der Waals surface area contributed by atoms with E-state index in [-0.39, 0.29) is 35.9 Å². The van der Waals surface area contributed by atoms with Gasteiger partial charge in [0.05, 0.1) is 18.6 Å². The average Bonchev–Trinajstić information content (AvgIpc) is 2.51. The summed E-state index contributed by atoms with van der Waals surface area (Å²) < 4.78 is 0. The highest BCUT2D eigenvalue weighted by Crippen LogP contribution is 2.27. The first kappa shape index (κ1) is 17.2. The summed E-state index contributed by atoms with van der Waals surface area (Å²) in [6.07, 6.45) is 2.50. The highest BCUT2D eigenvalue weighted by molar-refractivity contribution is 5.87. The number of amides is 2. The monoisotopic (exact) mass is 320 g/mol. The first-order chi connectivity index (χ1) is 10.9. The van der Waals surface area contributed by atoms with Gasteiger partial charge in [-0.1, -0.05) is 13.8 Å². The van der Waals surface area contributed by atoms with Gasteiger partial charge < -0.3 is 21.4 Å². The maximum Gasteiger partial charge on any atom is 0.248 e. The van der Waals surface area contributed by atoms with Crippen molar-refractivity contribution in [2.24, 2.45) is 11.7 Å². The summed E-state index contributed by atoms with van der Waals surface area (Å²) in [4.78, 5) is 38.0. The molecule has 1 unspecified atom stereocenters. The Morgan fingerprint density at radius 2 is 2.13 bits per heavy atom. The largest absolute Gasteiger partial charge is 0.348 e. The van der Waals surface area contributed by atoms with Gasteiger partial charge in [0.15, 0.2) is 0 Å². The van der Waals surface area contributed by atoms with Crippen LogP contribution in [0.25, 0.3) is 0 Å². The van der Waals surface area contributed by atoms with Crippen molar-refractivity contribution in [3.05, 3.63) is 33.7 Å². The van der Waals surface area contributed by atoms with Crippen molar-refractivity contribution < 1.29 is 9.59 Å². The quantitative estimate of drug-likeness (QED) is 0.609. The Kier molecular flexibility index (Phi) is 5.54. The van der Waals surface area contributed by atoms with Gasteiger partial charge in [-0.15, -0.1) is 0 Å². The highest BCUT2D eigenvalue weighted by atomic mass is 16.2. The van der Waals surface area contributed by atoms with Gasteiger partial charge in [0, 0.05) is 11.8 Å². The minimum atomic E-state index is -0.622. The SMILES string of the molecule is CC(C)[C@H](N)C(=O)NCC(=O)NC1CCCc2[nH]c(=O)ccc21. The smallest absolute Gasteiger partial charge is 0.248 e. The zero-order chi connectivity index (χ0) is 17.0. The van der Waals surface area contributed by atoms with Crippen LogP contribution in [0.2, 0.25) is 0 Å². The van der Waals surface area contributed by atoms with Crippen LogP contribution in [0.15, 0.2) is 16.9 Å². The van der Waals surface area contributed by atoms with Gasteiger partial charge >= 0.3 is 0 Å². The van der Waals surface area contributed by atoms with Crippen LogP contribution in [0.5, 0.6) is 0 Å². The molecule has 5 N–H and O–H groups in total. The van der Waals surface area contributed by atoms with E-state index in [1.54, 1.807) is 6.07 Å². The number of aryl methyl sites for hydroxylation is 1. The Hall–Kier alpha value is -2.15. The Bertz CT molecular complexity index is 638. The van der Waals surface area contributed by atoms with Gasteiger partial charge in [0.25, 0.3) is 0 Å². The van der Waals surface area contributed by atoms with Gasteiger partial charge in [-0.3, -0.25) is 14.4 Å². The second-order valence-corrected chi connectivity index (χ2v) is 6.26. The van der Waals surface area contributed by atoms with E-state index < -0.39 is 6.04 Å². The number of hydrogen-bond donors (Lipinski definition) is 4. The third-order valence-electron chi connectivity index (χ3n) is 4.11. The molecule has 2 amide bonds. The zero-order valence-electron chi connectivity index (χ0n) is 13.5. The van der Waals surface area contributed by atoms with E-state index in [4.69, 9.17) is 5.73 Å². The van der Waals surface area contributed by atoms with E-state index in [0.717, 1.165) is 30.5 Å². The maximum atomic E-state index is 12.0. The number of fused-ring (bicyclic) bond motifs is 1. The summed E-state index contributed by atoms with van der Waals surface area (Å²) in [5.41, 5.74) is 7.41. The number of hydrogen-bond acceptors (Lipinski definition) is 4. The molecule has 1 aliphatic rings. The fourth-order valence-electron chi connectivity index (χ4n) is 2.68. The second-order valence-electron chi connectivity index (χ2n) is 6.26. The lowest BCUT2D eigenvalue weighted by Gasteiger charge is -2.26. The summed E-state index contributed by atoms with van der Waals surface area (Å²) in [6, 6.07) is 2.46. The van der Waals surface area contributed by atoms with Crippen LogP contribution in [-0.4, -0.2) is 29.4 Å². The standard InChI is InChI=1S/C16H24N4O3/c1-9(2)15(17)16(23)18-8-14(22)20-12-5-3-4-11-10(12)6-7-13(21)19-11/h6-7,9,12,15H,3-5,8,17H2,1-2H3,(H,18,23)(H,19,21)(H,20,22)/t12?,15-/m0/s1. The predicted octanol–water partition coefficient (Wildman–Crippen LogP) is -0.0320. The van der Waals surface area contributed by atoms with Gasteiger partial charge in [0.1, 0.15) is 0 Å². The van der Waals surface area contributed by atoms with Crippen LogP contribution in [0.4, 0.5) is 0 Å². The summed E-state index contributed by atoms with van der Waals surface area (Å²) in [7, 11) is 0. The van der Waals surface area contributed by atoms with Crippen LogP contribution in [0.3, 0.4) is 0 Å². The number of nitrogens with two attached hydrogens (primary N) is 1. The van der Waals surface area contributed by atoms with E-state index in [1.807, 2.05) is 13.8 Å². The fourth-order valence-corrected chi connectivity index (χ4v) is 2.68. The first-order valence-corrected chi connectivity index (χ1v) is 7.93. The minimum absolute atomic E-state index is 0.0140. The molecule has 0 radical (unpaired) electrons. The van der Waals surface area contributed by atoms with Gasteiger partial charge in [-0.25, -0.2) is 0 Å². The normalized spacial score (nSPS) is 18.2. The second kappa shape index (κ2) is 7.41. The Labute approximate surface area is 135 Å².